The third-order valence-corrected chi connectivity index (χ3v) is 2.91. The van der Waals surface area contributed by atoms with E-state index in [0.29, 0.717) is 11.6 Å². The molecular formula is C11H14N6. The fourth-order valence-electron chi connectivity index (χ4n) is 2.11. The summed E-state index contributed by atoms with van der Waals surface area (Å²) in [6.07, 6.45) is 3.84. The average molecular weight is 230 g/mol. The molecule has 3 rings (SSSR count). The van der Waals surface area contributed by atoms with Gasteiger partial charge in [-0.15, -0.1) is 0 Å². The van der Waals surface area contributed by atoms with Gasteiger partial charge >= 0.3 is 0 Å². The van der Waals surface area contributed by atoms with Crippen LogP contribution in [0.2, 0.25) is 0 Å². The number of hydrogen-bond donors (Lipinski definition) is 1. The lowest BCUT2D eigenvalue weighted by molar-refractivity contribution is 0.555. The second kappa shape index (κ2) is 3.73. The van der Waals surface area contributed by atoms with Crippen molar-refractivity contribution >= 4 is 11.6 Å². The highest BCUT2D eigenvalue weighted by Gasteiger charge is 2.18. The number of nitrogens with two attached hydrogens (primary N) is 1. The summed E-state index contributed by atoms with van der Waals surface area (Å²) < 4.78 is 2.16. The highest BCUT2D eigenvalue weighted by molar-refractivity contribution is 5.47. The minimum absolute atomic E-state index is 0.515. The van der Waals surface area contributed by atoms with E-state index >= 15 is 0 Å². The molecule has 0 saturated heterocycles. The number of imidazole rings is 1. The van der Waals surface area contributed by atoms with Crippen molar-refractivity contribution in [2.45, 2.75) is 20.0 Å². The number of nitrogens with zero attached hydrogens (tertiary/aromatic N) is 5. The molecule has 0 saturated carbocycles. The summed E-state index contributed by atoms with van der Waals surface area (Å²) in [5.74, 6) is 3.16. The molecule has 88 valence electrons. The van der Waals surface area contributed by atoms with E-state index in [2.05, 4.69) is 24.4 Å². The van der Waals surface area contributed by atoms with Crippen LogP contribution in [0.25, 0.3) is 0 Å². The van der Waals surface area contributed by atoms with E-state index in [1.807, 2.05) is 25.4 Å². The monoisotopic (exact) mass is 230 g/mol. The molecule has 2 aromatic heterocycles. The van der Waals surface area contributed by atoms with E-state index in [9.17, 15) is 0 Å². The summed E-state index contributed by atoms with van der Waals surface area (Å²) >= 11 is 0. The molecule has 2 N–H and O–H groups in total. The van der Waals surface area contributed by atoms with E-state index < -0.39 is 0 Å². The lowest BCUT2D eigenvalue weighted by Gasteiger charge is -2.28. The van der Waals surface area contributed by atoms with Gasteiger partial charge < -0.3 is 15.2 Å². The van der Waals surface area contributed by atoms with Gasteiger partial charge in [0.25, 0.3) is 0 Å². The van der Waals surface area contributed by atoms with Crippen LogP contribution in [-0.2, 0) is 13.1 Å². The number of fused-ring (bicyclic) bond motifs is 1. The topological polar surface area (TPSA) is 72.9 Å². The van der Waals surface area contributed by atoms with Crippen LogP contribution in [0.3, 0.4) is 0 Å². The van der Waals surface area contributed by atoms with E-state index in [0.717, 1.165) is 31.3 Å². The minimum Gasteiger partial charge on any atom is -0.384 e. The number of aromatic nitrogens is 4. The minimum atomic E-state index is 0.515. The van der Waals surface area contributed by atoms with Crippen molar-refractivity contribution in [3.05, 3.63) is 30.1 Å². The SMILES string of the molecule is Cc1nc(N)cc(N2CCn3ccnc3C2)n1. The number of rotatable bonds is 1. The van der Waals surface area contributed by atoms with Gasteiger partial charge in [-0.1, -0.05) is 0 Å². The Morgan fingerprint density at radius 3 is 3.00 bits per heavy atom. The average Bonchev–Trinajstić information content (AvgIpc) is 2.74. The van der Waals surface area contributed by atoms with Crippen LogP contribution in [0.4, 0.5) is 11.6 Å². The Kier molecular flexibility index (Phi) is 2.21. The molecule has 6 nitrogen and oxygen atoms in total. The predicted molar refractivity (Wildman–Crippen MR) is 64.5 cm³/mol. The van der Waals surface area contributed by atoms with E-state index in [1.54, 1.807) is 0 Å². The molecule has 0 aliphatic carbocycles. The van der Waals surface area contributed by atoms with Crippen molar-refractivity contribution in [2.75, 3.05) is 17.2 Å². The van der Waals surface area contributed by atoms with E-state index in [4.69, 9.17) is 5.73 Å². The first kappa shape index (κ1) is 10.1. The number of nitrogen functional groups attached to an aromatic ring is 1. The molecule has 1 aliphatic rings. The Morgan fingerprint density at radius 2 is 2.18 bits per heavy atom. The summed E-state index contributed by atoms with van der Waals surface area (Å²) in [6, 6.07) is 1.81. The first-order valence-electron chi connectivity index (χ1n) is 5.58. The molecule has 0 aromatic carbocycles. The standard InChI is InChI=1S/C11H14N6/c1-8-14-9(12)6-10(15-8)17-5-4-16-3-2-13-11(16)7-17/h2-3,6H,4-5,7H2,1H3,(H2,12,14,15). The van der Waals surface area contributed by atoms with Gasteiger partial charge in [0.05, 0.1) is 6.54 Å². The van der Waals surface area contributed by atoms with Crippen molar-refractivity contribution < 1.29 is 0 Å². The molecule has 0 spiro atoms. The highest BCUT2D eigenvalue weighted by atomic mass is 15.3. The summed E-state index contributed by atoms with van der Waals surface area (Å²) in [7, 11) is 0. The molecule has 2 aromatic rings. The molecule has 0 atom stereocenters. The molecule has 1 aliphatic heterocycles. The second-order valence-electron chi connectivity index (χ2n) is 4.16. The zero-order chi connectivity index (χ0) is 11.8. The van der Waals surface area contributed by atoms with Gasteiger partial charge in [0.2, 0.25) is 0 Å². The zero-order valence-electron chi connectivity index (χ0n) is 9.67. The number of anilines is 2. The fourth-order valence-corrected chi connectivity index (χ4v) is 2.11. The van der Waals surface area contributed by atoms with Gasteiger partial charge in [0.15, 0.2) is 0 Å². The maximum absolute atomic E-state index is 5.74. The van der Waals surface area contributed by atoms with Crippen molar-refractivity contribution in [1.29, 1.82) is 0 Å². The van der Waals surface area contributed by atoms with E-state index in [1.165, 1.54) is 0 Å². The van der Waals surface area contributed by atoms with Crippen molar-refractivity contribution in [2.24, 2.45) is 0 Å². The van der Waals surface area contributed by atoms with E-state index in [-0.39, 0.29) is 0 Å². The summed E-state index contributed by atoms with van der Waals surface area (Å²) in [5.41, 5.74) is 5.74. The third-order valence-electron chi connectivity index (χ3n) is 2.91. The van der Waals surface area contributed by atoms with Gasteiger partial charge in [-0.05, 0) is 6.92 Å². The van der Waals surface area contributed by atoms with Crippen LogP contribution in [0.1, 0.15) is 11.6 Å². The van der Waals surface area contributed by atoms with Crippen LogP contribution in [0.5, 0.6) is 0 Å². The van der Waals surface area contributed by atoms with Gasteiger partial charge in [0.1, 0.15) is 23.3 Å². The second-order valence-corrected chi connectivity index (χ2v) is 4.16. The van der Waals surface area contributed by atoms with Crippen LogP contribution >= 0.6 is 0 Å². The van der Waals surface area contributed by atoms with Gasteiger partial charge in [-0.3, -0.25) is 0 Å². The maximum Gasteiger partial charge on any atom is 0.134 e. The molecule has 0 amide bonds. The zero-order valence-corrected chi connectivity index (χ0v) is 9.67. The van der Waals surface area contributed by atoms with Crippen LogP contribution in [0.15, 0.2) is 18.5 Å². The Balaban J connectivity index is 1.91. The van der Waals surface area contributed by atoms with Crippen molar-refractivity contribution in [3.8, 4) is 0 Å². The first-order chi connectivity index (χ1) is 8.22. The summed E-state index contributed by atoms with van der Waals surface area (Å²) in [6.45, 7) is 4.46. The third kappa shape index (κ3) is 1.82. The number of aryl methyl sites for hydroxylation is 1. The predicted octanol–water partition coefficient (Wildman–Crippen LogP) is 0.584. The molecule has 3 heterocycles. The Bertz CT molecular complexity index is 526. The normalized spacial score (nSPS) is 14.8. The molecule has 17 heavy (non-hydrogen) atoms. The maximum atomic E-state index is 5.74. The molecule has 0 bridgehead atoms. The summed E-state index contributed by atoms with van der Waals surface area (Å²) in [5, 5.41) is 0. The van der Waals surface area contributed by atoms with Crippen molar-refractivity contribution in [3.63, 3.8) is 0 Å². The largest absolute Gasteiger partial charge is 0.384 e. The number of hydrogen-bond acceptors (Lipinski definition) is 5. The Labute approximate surface area is 99.1 Å². The molecule has 0 unspecified atom stereocenters. The Hall–Kier alpha value is -2.11. The van der Waals surface area contributed by atoms with Gasteiger partial charge in [0, 0.05) is 31.5 Å². The fraction of sp³-hybridized carbons (Fsp3) is 0.364. The lowest BCUT2D eigenvalue weighted by atomic mass is 10.3. The highest BCUT2D eigenvalue weighted by Crippen LogP contribution is 2.19. The molecule has 0 fully saturated rings. The lowest BCUT2D eigenvalue weighted by Crippen LogP contribution is -2.34. The molecule has 0 radical (unpaired) electrons. The van der Waals surface area contributed by atoms with Gasteiger partial charge in [-0.2, -0.15) is 0 Å². The molecular weight excluding hydrogens is 216 g/mol. The summed E-state index contributed by atoms with van der Waals surface area (Å²) in [4.78, 5) is 15.0. The van der Waals surface area contributed by atoms with Crippen LogP contribution in [0, 0.1) is 6.92 Å². The van der Waals surface area contributed by atoms with Crippen molar-refractivity contribution in [1.82, 2.24) is 19.5 Å². The van der Waals surface area contributed by atoms with Crippen LogP contribution in [-0.4, -0.2) is 26.1 Å². The van der Waals surface area contributed by atoms with Crippen LogP contribution < -0.4 is 10.6 Å². The van der Waals surface area contributed by atoms with Gasteiger partial charge in [-0.25, -0.2) is 15.0 Å². The Morgan fingerprint density at radius 1 is 1.29 bits per heavy atom. The first-order valence-corrected chi connectivity index (χ1v) is 5.58. The molecule has 6 heteroatoms. The smallest absolute Gasteiger partial charge is 0.134 e. The quantitative estimate of drug-likeness (QED) is 0.776.